The Morgan fingerprint density at radius 3 is 2.77 bits per heavy atom. The Hall–Kier alpha value is -1.82. The molecule has 0 saturated heterocycles. The van der Waals surface area contributed by atoms with Crippen LogP contribution in [-0.2, 0) is 4.79 Å². The van der Waals surface area contributed by atoms with Crippen molar-refractivity contribution in [3.8, 4) is 0 Å². The molecular formula is C20H27N3O2S. The number of aromatic nitrogens is 2. The van der Waals surface area contributed by atoms with Crippen molar-refractivity contribution >= 4 is 28.6 Å². The SMILES string of the molecule is CNC(=O)[C@H](C)Sc1nc2ccccc2c(=O)n1[C@@H]1CCC[C@@H](C)[C@H]1C. The number of para-hydroxylation sites is 1. The average Bonchev–Trinajstić information content (AvgIpc) is 2.64. The Morgan fingerprint density at radius 1 is 1.31 bits per heavy atom. The topological polar surface area (TPSA) is 64.0 Å². The predicted molar refractivity (Wildman–Crippen MR) is 107 cm³/mol. The Labute approximate surface area is 158 Å². The maximum Gasteiger partial charge on any atom is 0.262 e. The van der Waals surface area contributed by atoms with Crippen LogP contribution in [0.3, 0.4) is 0 Å². The van der Waals surface area contributed by atoms with E-state index in [-0.39, 0.29) is 22.8 Å². The standard InChI is InChI=1S/C20H27N3O2S/c1-12-8-7-11-17(13(12)2)23-19(25)15-9-5-6-10-16(15)22-20(23)26-14(3)18(24)21-4/h5-6,9-10,12-14,17H,7-8,11H2,1-4H3,(H,21,24)/t12-,13-,14+,17-/m1/s1. The number of rotatable bonds is 4. The first-order valence-electron chi connectivity index (χ1n) is 9.33. The molecule has 0 spiro atoms. The molecule has 6 heteroatoms. The predicted octanol–water partition coefficient (Wildman–Crippen LogP) is 3.62. The molecule has 26 heavy (non-hydrogen) atoms. The lowest BCUT2D eigenvalue weighted by atomic mass is 9.78. The van der Waals surface area contributed by atoms with Crippen LogP contribution in [0.1, 0.15) is 46.1 Å². The lowest BCUT2D eigenvalue weighted by Crippen LogP contribution is -2.36. The average molecular weight is 374 g/mol. The normalized spacial score (nSPS) is 24.4. The summed E-state index contributed by atoms with van der Waals surface area (Å²) in [6, 6.07) is 7.60. The van der Waals surface area contributed by atoms with Gasteiger partial charge in [0, 0.05) is 13.1 Å². The molecule has 0 bridgehead atoms. The van der Waals surface area contributed by atoms with Gasteiger partial charge in [-0.3, -0.25) is 14.2 Å². The highest BCUT2D eigenvalue weighted by Gasteiger charge is 2.32. The Bertz CT molecular complexity index is 864. The molecule has 0 radical (unpaired) electrons. The second-order valence-corrected chi connectivity index (χ2v) is 8.60. The van der Waals surface area contributed by atoms with Crippen LogP contribution in [0.25, 0.3) is 10.9 Å². The number of hydrogen-bond acceptors (Lipinski definition) is 4. The Morgan fingerprint density at radius 2 is 2.04 bits per heavy atom. The fourth-order valence-electron chi connectivity index (χ4n) is 3.83. The van der Waals surface area contributed by atoms with Crippen LogP contribution in [0.5, 0.6) is 0 Å². The van der Waals surface area contributed by atoms with E-state index in [1.54, 1.807) is 7.05 Å². The molecule has 5 nitrogen and oxygen atoms in total. The van der Waals surface area contributed by atoms with E-state index < -0.39 is 0 Å². The third-order valence-corrected chi connectivity index (χ3v) is 6.74. The third kappa shape index (κ3) is 3.52. The summed E-state index contributed by atoms with van der Waals surface area (Å²) in [5.74, 6) is 0.912. The summed E-state index contributed by atoms with van der Waals surface area (Å²) < 4.78 is 1.87. The van der Waals surface area contributed by atoms with Gasteiger partial charge in [0.1, 0.15) is 0 Å². The van der Waals surface area contributed by atoms with Gasteiger partial charge in [0.25, 0.3) is 5.56 Å². The molecule has 4 atom stereocenters. The molecule has 0 aliphatic heterocycles. The zero-order chi connectivity index (χ0) is 18.8. The molecule has 1 aliphatic carbocycles. The van der Waals surface area contributed by atoms with Gasteiger partial charge in [-0.1, -0.05) is 50.6 Å². The monoisotopic (exact) mass is 373 g/mol. The lowest BCUT2D eigenvalue weighted by Gasteiger charge is -2.36. The van der Waals surface area contributed by atoms with Gasteiger partial charge in [-0.05, 0) is 37.3 Å². The summed E-state index contributed by atoms with van der Waals surface area (Å²) in [6.07, 6.45) is 3.29. The van der Waals surface area contributed by atoms with Crippen molar-refractivity contribution in [2.75, 3.05) is 7.05 Å². The molecule has 1 fully saturated rings. The molecule has 1 aromatic heterocycles. The number of carbonyl (C=O) groups is 1. The van der Waals surface area contributed by atoms with E-state index in [1.165, 1.54) is 18.2 Å². The van der Waals surface area contributed by atoms with E-state index in [0.717, 1.165) is 12.8 Å². The summed E-state index contributed by atoms with van der Waals surface area (Å²) in [6.45, 7) is 6.34. The van der Waals surface area contributed by atoms with Crippen LogP contribution in [0, 0.1) is 11.8 Å². The zero-order valence-corrected chi connectivity index (χ0v) is 16.7. The van der Waals surface area contributed by atoms with Crippen molar-refractivity contribution in [2.24, 2.45) is 11.8 Å². The molecule has 1 aromatic carbocycles. The van der Waals surface area contributed by atoms with E-state index in [9.17, 15) is 9.59 Å². The summed E-state index contributed by atoms with van der Waals surface area (Å²) >= 11 is 1.37. The summed E-state index contributed by atoms with van der Waals surface area (Å²) in [7, 11) is 1.63. The van der Waals surface area contributed by atoms with Gasteiger partial charge in [0.15, 0.2) is 5.16 Å². The number of nitrogens with zero attached hydrogens (tertiary/aromatic N) is 2. The highest BCUT2D eigenvalue weighted by molar-refractivity contribution is 8.00. The van der Waals surface area contributed by atoms with E-state index in [4.69, 9.17) is 4.98 Å². The molecule has 3 rings (SSSR count). The minimum Gasteiger partial charge on any atom is -0.358 e. The van der Waals surface area contributed by atoms with Gasteiger partial charge in [-0.2, -0.15) is 0 Å². The number of thioether (sulfide) groups is 1. The summed E-state index contributed by atoms with van der Waals surface area (Å²) in [5, 5.41) is 3.66. The second kappa shape index (κ2) is 7.82. The third-order valence-electron chi connectivity index (χ3n) is 5.67. The molecular weight excluding hydrogens is 346 g/mol. The maximum atomic E-state index is 13.3. The van der Waals surface area contributed by atoms with Crippen LogP contribution >= 0.6 is 11.8 Å². The van der Waals surface area contributed by atoms with E-state index in [0.29, 0.717) is 27.9 Å². The van der Waals surface area contributed by atoms with Crippen LogP contribution in [0.2, 0.25) is 0 Å². The first-order chi connectivity index (χ1) is 12.4. The van der Waals surface area contributed by atoms with Crippen molar-refractivity contribution in [3.05, 3.63) is 34.6 Å². The number of carbonyl (C=O) groups excluding carboxylic acids is 1. The van der Waals surface area contributed by atoms with Crippen LogP contribution < -0.4 is 10.9 Å². The van der Waals surface area contributed by atoms with Crippen molar-refractivity contribution < 1.29 is 4.79 Å². The Kier molecular flexibility index (Phi) is 5.70. The second-order valence-electron chi connectivity index (χ2n) is 7.30. The largest absolute Gasteiger partial charge is 0.358 e. The molecule has 1 heterocycles. The fourth-order valence-corrected chi connectivity index (χ4v) is 4.86. The van der Waals surface area contributed by atoms with Crippen molar-refractivity contribution in [2.45, 2.75) is 56.5 Å². The first-order valence-corrected chi connectivity index (χ1v) is 10.2. The quantitative estimate of drug-likeness (QED) is 0.657. The smallest absolute Gasteiger partial charge is 0.262 e. The van der Waals surface area contributed by atoms with Gasteiger partial charge >= 0.3 is 0 Å². The highest BCUT2D eigenvalue weighted by atomic mass is 32.2. The minimum atomic E-state index is -0.310. The van der Waals surface area contributed by atoms with Crippen molar-refractivity contribution in [1.82, 2.24) is 14.9 Å². The molecule has 1 saturated carbocycles. The van der Waals surface area contributed by atoms with Gasteiger partial charge in [0.05, 0.1) is 16.2 Å². The van der Waals surface area contributed by atoms with Crippen LogP contribution in [0.4, 0.5) is 0 Å². The van der Waals surface area contributed by atoms with Crippen LogP contribution in [-0.4, -0.2) is 27.8 Å². The van der Waals surface area contributed by atoms with Gasteiger partial charge in [-0.25, -0.2) is 4.98 Å². The van der Waals surface area contributed by atoms with Gasteiger partial charge < -0.3 is 5.32 Å². The van der Waals surface area contributed by atoms with Crippen molar-refractivity contribution in [1.29, 1.82) is 0 Å². The number of fused-ring (bicyclic) bond motifs is 1. The summed E-state index contributed by atoms with van der Waals surface area (Å²) in [5.41, 5.74) is 0.699. The van der Waals surface area contributed by atoms with Gasteiger partial charge in [0.2, 0.25) is 5.91 Å². The molecule has 1 aliphatic rings. The highest BCUT2D eigenvalue weighted by Crippen LogP contribution is 2.39. The lowest BCUT2D eigenvalue weighted by molar-refractivity contribution is -0.119. The number of nitrogens with one attached hydrogen (secondary N) is 1. The number of amides is 1. The van der Waals surface area contributed by atoms with Crippen molar-refractivity contribution in [3.63, 3.8) is 0 Å². The van der Waals surface area contributed by atoms with E-state index >= 15 is 0 Å². The Balaban J connectivity index is 2.14. The first kappa shape index (κ1) is 19.0. The van der Waals surface area contributed by atoms with Crippen LogP contribution in [0.15, 0.2) is 34.2 Å². The number of hydrogen-bond donors (Lipinski definition) is 1. The summed E-state index contributed by atoms with van der Waals surface area (Å²) in [4.78, 5) is 30.1. The van der Waals surface area contributed by atoms with E-state index in [1.807, 2.05) is 35.8 Å². The number of benzene rings is 1. The zero-order valence-electron chi connectivity index (χ0n) is 15.9. The van der Waals surface area contributed by atoms with Gasteiger partial charge in [-0.15, -0.1) is 0 Å². The molecule has 0 unspecified atom stereocenters. The molecule has 2 aromatic rings. The molecule has 1 amide bonds. The molecule has 140 valence electrons. The minimum absolute atomic E-state index is 0.00755. The van der Waals surface area contributed by atoms with E-state index in [2.05, 4.69) is 19.2 Å². The molecule has 1 N–H and O–H groups in total. The maximum absolute atomic E-state index is 13.3. The fraction of sp³-hybridized carbons (Fsp3) is 0.550.